The number of hydrogen-bond acceptors (Lipinski definition) is 5. The molecule has 0 radical (unpaired) electrons. The third-order valence-electron chi connectivity index (χ3n) is 3.78. The molecule has 3 rings (SSSR count). The number of amides is 1. The monoisotopic (exact) mass is 385 g/mol. The number of benzene rings is 1. The minimum Gasteiger partial charge on any atom is -0.508 e. The van der Waals surface area contributed by atoms with Gasteiger partial charge in [-0.3, -0.25) is 14.7 Å². The van der Waals surface area contributed by atoms with Crippen LogP contribution in [-0.4, -0.2) is 32.6 Å². The highest BCUT2D eigenvalue weighted by Gasteiger charge is 2.34. The molecule has 0 spiro atoms. The van der Waals surface area contributed by atoms with Crippen LogP contribution >= 0.6 is 23.4 Å². The van der Waals surface area contributed by atoms with Gasteiger partial charge >= 0.3 is 0 Å². The van der Waals surface area contributed by atoms with Crippen LogP contribution in [0.3, 0.4) is 0 Å². The summed E-state index contributed by atoms with van der Waals surface area (Å²) in [5, 5.41) is 10.4. The average Bonchev–Trinajstić information content (AvgIpc) is 2.94. The number of halogens is 1. The van der Waals surface area contributed by atoms with Crippen molar-refractivity contribution in [2.75, 3.05) is 6.54 Å². The molecule has 1 aromatic heterocycles. The first-order chi connectivity index (χ1) is 12.5. The van der Waals surface area contributed by atoms with Gasteiger partial charge in [-0.1, -0.05) is 29.8 Å². The number of aliphatic imine (C=N–C) groups is 1. The van der Waals surface area contributed by atoms with Crippen LogP contribution in [0.5, 0.6) is 5.75 Å². The van der Waals surface area contributed by atoms with Gasteiger partial charge in [0.15, 0.2) is 5.17 Å². The molecule has 0 aliphatic carbocycles. The largest absolute Gasteiger partial charge is 0.508 e. The molecule has 2 heterocycles. The first-order valence-electron chi connectivity index (χ1n) is 7.80. The van der Waals surface area contributed by atoms with Gasteiger partial charge in [0.05, 0.1) is 15.6 Å². The Labute approximate surface area is 160 Å². The molecular weight excluding hydrogens is 370 g/mol. The summed E-state index contributed by atoms with van der Waals surface area (Å²) in [6, 6.07) is 8.44. The number of phenols is 1. The SMILES string of the molecule is C=CCN1C(=O)/C(=C(\C)c2ccc(O)cc2)SC1=Nc1ccncc1Cl. The molecule has 5 nitrogen and oxygen atoms in total. The summed E-state index contributed by atoms with van der Waals surface area (Å²) < 4.78 is 0. The Bertz CT molecular complexity index is 923. The molecule has 7 heteroatoms. The first-order valence-corrected chi connectivity index (χ1v) is 9.00. The Balaban J connectivity index is 2.03. The minimum absolute atomic E-state index is 0.135. The zero-order valence-electron chi connectivity index (χ0n) is 14.0. The Kier molecular flexibility index (Phi) is 5.44. The van der Waals surface area contributed by atoms with Crippen LogP contribution in [0.4, 0.5) is 5.69 Å². The molecule has 132 valence electrons. The third-order valence-corrected chi connectivity index (χ3v) is 5.25. The summed E-state index contributed by atoms with van der Waals surface area (Å²) in [5.74, 6) is 0.0456. The Morgan fingerprint density at radius 3 is 2.77 bits per heavy atom. The molecular formula is C19H16ClN3O2S. The van der Waals surface area contributed by atoms with Crippen molar-refractivity contribution < 1.29 is 9.90 Å². The summed E-state index contributed by atoms with van der Waals surface area (Å²) in [5.41, 5.74) is 2.23. The van der Waals surface area contributed by atoms with Gasteiger partial charge in [0, 0.05) is 18.9 Å². The molecule has 1 aromatic carbocycles. The highest BCUT2D eigenvalue weighted by atomic mass is 35.5. The van der Waals surface area contributed by atoms with Gasteiger partial charge < -0.3 is 5.11 Å². The molecule has 0 unspecified atom stereocenters. The molecule has 1 fully saturated rings. The van der Waals surface area contributed by atoms with Gasteiger partial charge in [-0.05, 0) is 48.0 Å². The molecule has 26 heavy (non-hydrogen) atoms. The maximum atomic E-state index is 12.9. The Morgan fingerprint density at radius 2 is 2.12 bits per heavy atom. The van der Waals surface area contributed by atoms with Crippen molar-refractivity contribution in [2.24, 2.45) is 4.99 Å². The minimum atomic E-state index is -0.135. The fourth-order valence-electron chi connectivity index (χ4n) is 2.41. The normalized spacial score (nSPS) is 17.7. The summed E-state index contributed by atoms with van der Waals surface area (Å²) in [6.07, 6.45) is 4.77. The van der Waals surface area contributed by atoms with E-state index in [-0.39, 0.29) is 11.7 Å². The van der Waals surface area contributed by atoms with Crippen LogP contribution in [0.2, 0.25) is 5.02 Å². The number of aromatic nitrogens is 1. The zero-order chi connectivity index (χ0) is 18.7. The summed E-state index contributed by atoms with van der Waals surface area (Å²) >= 11 is 7.43. The summed E-state index contributed by atoms with van der Waals surface area (Å²) in [4.78, 5) is 23.5. The quantitative estimate of drug-likeness (QED) is 0.616. The third kappa shape index (κ3) is 3.66. The van der Waals surface area contributed by atoms with E-state index in [4.69, 9.17) is 11.6 Å². The van der Waals surface area contributed by atoms with Crippen LogP contribution in [0, 0.1) is 0 Å². The molecule has 1 N–H and O–H groups in total. The topological polar surface area (TPSA) is 65.8 Å². The van der Waals surface area contributed by atoms with Crippen LogP contribution in [0.25, 0.3) is 5.57 Å². The van der Waals surface area contributed by atoms with E-state index in [0.717, 1.165) is 11.1 Å². The predicted molar refractivity (Wildman–Crippen MR) is 107 cm³/mol. The molecule has 1 amide bonds. The number of phenolic OH excluding ortho intramolecular Hbond substituents is 1. The van der Waals surface area contributed by atoms with Crippen molar-refractivity contribution >= 4 is 45.7 Å². The van der Waals surface area contributed by atoms with Gasteiger partial charge in [0.2, 0.25) is 0 Å². The van der Waals surface area contributed by atoms with E-state index < -0.39 is 0 Å². The number of amidine groups is 1. The lowest BCUT2D eigenvalue weighted by Crippen LogP contribution is -2.29. The maximum absolute atomic E-state index is 12.9. The van der Waals surface area contributed by atoms with Crippen molar-refractivity contribution in [2.45, 2.75) is 6.92 Å². The van der Waals surface area contributed by atoms with Gasteiger partial charge in [-0.25, -0.2) is 4.99 Å². The number of carbonyl (C=O) groups is 1. The second-order valence-corrected chi connectivity index (χ2v) is 6.91. The number of hydrogen-bond donors (Lipinski definition) is 1. The number of rotatable bonds is 4. The second kappa shape index (κ2) is 7.76. The fraction of sp³-hybridized carbons (Fsp3) is 0.105. The van der Waals surface area contributed by atoms with E-state index in [1.165, 1.54) is 18.0 Å². The van der Waals surface area contributed by atoms with E-state index in [1.54, 1.807) is 47.5 Å². The molecule has 0 atom stereocenters. The van der Waals surface area contributed by atoms with E-state index in [0.29, 0.717) is 27.3 Å². The van der Waals surface area contributed by atoms with Crippen molar-refractivity contribution in [1.29, 1.82) is 0 Å². The first kappa shape index (κ1) is 18.2. The lowest BCUT2D eigenvalue weighted by atomic mass is 10.1. The van der Waals surface area contributed by atoms with Gasteiger partial charge in [0.1, 0.15) is 5.75 Å². The second-order valence-electron chi connectivity index (χ2n) is 5.53. The van der Waals surface area contributed by atoms with E-state index in [9.17, 15) is 9.90 Å². The lowest BCUT2D eigenvalue weighted by molar-refractivity contribution is -0.121. The average molecular weight is 386 g/mol. The predicted octanol–water partition coefficient (Wildman–Crippen LogP) is 4.62. The van der Waals surface area contributed by atoms with Gasteiger partial charge in [0.25, 0.3) is 5.91 Å². The van der Waals surface area contributed by atoms with Crippen molar-refractivity contribution in [1.82, 2.24) is 9.88 Å². The number of pyridine rings is 1. The van der Waals surface area contributed by atoms with Crippen molar-refractivity contribution in [3.63, 3.8) is 0 Å². The smallest absolute Gasteiger partial charge is 0.267 e. The number of aromatic hydroxyl groups is 1. The van der Waals surface area contributed by atoms with Crippen molar-refractivity contribution in [3.05, 3.63) is 70.9 Å². The van der Waals surface area contributed by atoms with E-state index in [2.05, 4.69) is 16.6 Å². The van der Waals surface area contributed by atoms with Crippen LogP contribution in [0.1, 0.15) is 12.5 Å². The lowest BCUT2D eigenvalue weighted by Gasteiger charge is -2.13. The van der Waals surface area contributed by atoms with E-state index >= 15 is 0 Å². The molecule has 1 aliphatic heterocycles. The number of allylic oxidation sites excluding steroid dienone is 1. The Morgan fingerprint density at radius 1 is 1.38 bits per heavy atom. The highest BCUT2D eigenvalue weighted by molar-refractivity contribution is 8.18. The molecule has 1 saturated heterocycles. The highest BCUT2D eigenvalue weighted by Crippen LogP contribution is 2.38. The molecule has 0 bridgehead atoms. The summed E-state index contributed by atoms with van der Waals surface area (Å²) in [7, 11) is 0. The molecule has 0 saturated carbocycles. The molecule has 2 aromatic rings. The number of carbonyl (C=O) groups excluding carboxylic acids is 1. The maximum Gasteiger partial charge on any atom is 0.267 e. The zero-order valence-corrected chi connectivity index (χ0v) is 15.6. The molecule has 1 aliphatic rings. The van der Waals surface area contributed by atoms with Crippen LogP contribution < -0.4 is 0 Å². The van der Waals surface area contributed by atoms with E-state index in [1.807, 2.05) is 6.92 Å². The van der Waals surface area contributed by atoms with Crippen molar-refractivity contribution in [3.8, 4) is 5.75 Å². The standard InChI is InChI=1S/C19H16ClN3O2S/c1-3-10-23-18(25)17(12(2)13-4-6-14(24)7-5-13)26-19(23)22-16-8-9-21-11-15(16)20/h3-9,11,24H,1,10H2,2H3/b17-12-,22-19?. The van der Waals surface area contributed by atoms with Crippen LogP contribution in [-0.2, 0) is 4.79 Å². The summed E-state index contributed by atoms with van der Waals surface area (Å²) in [6.45, 7) is 5.94. The number of thioether (sulfide) groups is 1. The van der Waals surface area contributed by atoms with Gasteiger partial charge in [-0.2, -0.15) is 0 Å². The number of nitrogens with zero attached hydrogens (tertiary/aromatic N) is 3. The van der Waals surface area contributed by atoms with Gasteiger partial charge in [-0.15, -0.1) is 6.58 Å². The Hall–Kier alpha value is -2.57. The van der Waals surface area contributed by atoms with Crippen LogP contribution in [0.15, 0.2) is 65.3 Å². The fourth-order valence-corrected chi connectivity index (χ4v) is 3.64.